The summed E-state index contributed by atoms with van der Waals surface area (Å²) in [6, 6.07) is 3.91. The highest BCUT2D eigenvalue weighted by molar-refractivity contribution is 5.86. The van der Waals surface area contributed by atoms with Crippen molar-refractivity contribution in [2.75, 3.05) is 20.2 Å². The van der Waals surface area contributed by atoms with Gasteiger partial charge in [-0.25, -0.2) is 4.79 Å². The van der Waals surface area contributed by atoms with Crippen molar-refractivity contribution in [2.24, 2.45) is 11.7 Å². The molecule has 5 heteroatoms. The van der Waals surface area contributed by atoms with Crippen LogP contribution in [0, 0.1) is 5.92 Å². The normalized spacial score (nSPS) is 23.8. The van der Waals surface area contributed by atoms with Crippen LogP contribution in [0.5, 0.6) is 0 Å². The molecule has 20 heavy (non-hydrogen) atoms. The van der Waals surface area contributed by atoms with Crippen molar-refractivity contribution >= 4 is 5.97 Å². The molecule has 2 rings (SSSR count). The first kappa shape index (κ1) is 15.1. The largest absolute Gasteiger partial charge is 0.463 e. The van der Waals surface area contributed by atoms with Gasteiger partial charge in [-0.05, 0) is 37.4 Å². The number of esters is 1. The molecule has 2 atom stereocenters. The Hall–Kier alpha value is -1.33. The molecule has 1 aliphatic rings. The first-order valence-corrected chi connectivity index (χ1v) is 7.29. The van der Waals surface area contributed by atoms with E-state index < -0.39 is 5.97 Å². The van der Waals surface area contributed by atoms with Crippen LogP contribution in [-0.2, 0) is 11.3 Å². The maximum atomic E-state index is 11.4. The van der Waals surface area contributed by atoms with Crippen LogP contribution in [0.1, 0.15) is 42.5 Å². The Labute approximate surface area is 120 Å². The van der Waals surface area contributed by atoms with Crippen LogP contribution >= 0.6 is 0 Å². The van der Waals surface area contributed by atoms with Gasteiger partial charge < -0.3 is 14.9 Å². The van der Waals surface area contributed by atoms with Gasteiger partial charge in [0.2, 0.25) is 5.76 Å². The molecule has 0 amide bonds. The van der Waals surface area contributed by atoms with Gasteiger partial charge in [-0.1, -0.05) is 13.3 Å². The Morgan fingerprint density at radius 2 is 2.35 bits per heavy atom. The lowest BCUT2D eigenvalue weighted by Crippen LogP contribution is -2.45. The molecule has 0 bridgehead atoms. The van der Waals surface area contributed by atoms with Crippen molar-refractivity contribution in [3.05, 3.63) is 23.7 Å². The third kappa shape index (κ3) is 3.41. The number of rotatable bonds is 5. The second kappa shape index (κ2) is 6.90. The Morgan fingerprint density at radius 3 is 3.00 bits per heavy atom. The van der Waals surface area contributed by atoms with Crippen LogP contribution in [0.25, 0.3) is 0 Å². The third-order valence-electron chi connectivity index (χ3n) is 4.20. The number of hydrogen-bond donors (Lipinski definition) is 1. The van der Waals surface area contributed by atoms with Crippen molar-refractivity contribution in [3.63, 3.8) is 0 Å². The minimum absolute atomic E-state index is 0.259. The maximum Gasteiger partial charge on any atom is 0.373 e. The average Bonchev–Trinajstić information content (AvgIpc) is 2.95. The number of methoxy groups -OCH3 is 1. The molecule has 5 nitrogen and oxygen atoms in total. The highest BCUT2D eigenvalue weighted by Crippen LogP contribution is 2.26. The zero-order chi connectivity index (χ0) is 14.5. The van der Waals surface area contributed by atoms with Gasteiger partial charge in [0.1, 0.15) is 5.76 Å². The van der Waals surface area contributed by atoms with Gasteiger partial charge in [-0.3, -0.25) is 4.90 Å². The molecule has 0 spiro atoms. The number of piperidine rings is 1. The molecule has 1 aromatic rings. The van der Waals surface area contributed by atoms with E-state index in [4.69, 9.17) is 10.2 Å². The molecule has 1 saturated heterocycles. The van der Waals surface area contributed by atoms with Gasteiger partial charge in [0.15, 0.2) is 0 Å². The summed E-state index contributed by atoms with van der Waals surface area (Å²) in [4.78, 5) is 13.7. The molecule has 0 radical (unpaired) electrons. The highest BCUT2D eigenvalue weighted by atomic mass is 16.5. The molecular weight excluding hydrogens is 256 g/mol. The maximum absolute atomic E-state index is 11.4. The monoisotopic (exact) mass is 280 g/mol. The lowest BCUT2D eigenvalue weighted by molar-refractivity contribution is 0.0556. The zero-order valence-corrected chi connectivity index (χ0v) is 12.3. The smallest absolute Gasteiger partial charge is 0.373 e. The highest BCUT2D eigenvalue weighted by Gasteiger charge is 2.27. The van der Waals surface area contributed by atoms with Gasteiger partial charge >= 0.3 is 5.97 Å². The Morgan fingerprint density at radius 1 is 1.55 bits per heavy atom. The fraction of sp³-hybridized carbons (Fsp3) is 0.667. The van der Waals surface area contributed by atoms with Gasteiger partial charge in [0, 0.05) is 12.6 Å². The summed E-state index contributed by atoms with van der Waals surface area (Å²) in [5, 5.41) is 0. The molecule has 0 aliphatic carbocycles. The van der Waals surface area contributed by atoms with Crippen LogP contribution in [0.4, 0.5) is 0 Å². The van der Waals surface area contributed by atoms with Gasteiger partial charge in [-0.2, -0.15) is 0 Å². The predicted molar refractivity (Wildman–Crippen MR) is 76.3 cm³/mol. The van der Waals surface area contributed by atoms with E-state index >= 15 is 0 Å². The fourth-order valence-corrected chi connectivity index (χ4v) is 2.88. The van der Waals surface area contributed by atoms with Gasteiger partial charge in [0.25, 0.3) is 0 Å². The third-order valence-corrected chi connectivity index (χ3v) is 4.20. The van der Waals surface area contributed by atoms with E-state index in [9.17, 15) is 4.79 Å². The standard InChI is InChI=1S/C15H24N2O3/c1-3-11-6-7-17(12(8-11)9-16)10-13-4-5-14(20-13)15(18)19-2/h4-5,11-12H,3,6-10,16H2,1-2H3. The second-order valence-corrected chi connectivity index (χ2v) is 5.42. The topological polar surface area (TPSA) is 68.7 Å². The summed E-state index contributed by atoms with van der Waals surface area (Å²) in [7, 11) is 1.35. The molecule has 1 fully saturated rings. The summed E-state index contributed by atoms with van der Waals surface area (Å²) in [6.45, 7) is 4.65. The van der Waals surface area contributed by atoms with Gasteiger partial charge in [-0.15, -0.1) is 0 Å². The summed E-state index contributed by atoms with van der Waals surface area (Å²) in [6.07, 6.45) is 3.58. The Bertz CT molecular complexity index is 444. The van der Waals surface area contributed by atoms with E-state index in [1.54, 1.807) is 6.07 Å². The summed E-state index contributed by atoms with van der Waals surface area (Å²) in [5.74, 6) is 1.40. The minimum Gasteiger partial charge on any atom is -0.463 e. The quantitative estimate of drug-likeness (QED) is 0.836. The van der Waals surface area contributed by atoms with Crippen LogP contribution in [0.15, 0.2) is 16.5 Å². The first-order chi connectivity index (χ1) is 9.67. The molecule has 2 heterocycles. The van der Waals surface area contributed by atoms with Crippen LogP contribution in [-0.4, -0.2) is 37.1 Å². The van der Waals surface area contributed by atoms with Crippen LogP contribution in [0.2, 0.25) is 0 Å². The lowest BCUT2D eigenvalue weighted by atomic mass is 9.89. The molecule has 112 valence electrons. The second-order valence-electron chi connectivity index (χ2n) is 5.42. The fourth-order valence-electron chi connectivity index (χ4n) is 2.88. The number of ether oxygens (including phenoxy) is 1. The van der Waals surface area contributed by atoms with E-state index in [0.717, 1.165) is 24.6 Å². The SMILES string of the molecule is CCC1CCN(Cc2ccc(C(=O)OC)o2)C(CN)C1. The molecule has 1 aromatic heterocycles. The summed E-state index contributed by atoms with van der Waals surface area (Å²) < 4.78 is 10.2. The van der Waals surface area contributed by atoms with Crippen molar-refractivity contribution in [1.29, 1.82) is 0 Å². The Balaban J connectivity index is 1.98. The van der Waals surface area contributed by atoms with Crippen molar-refractivity contribution < 1.29 is 13.9 Å². The van der Waals surface area contributed by atoms with Crippen LogP contribution < -0.4 is 5.73 Å². The van der Waals surface area contributed by atoms with Gasteiger partial charge in [0.05, 0.1) is 13.7 Å². The van der Waals surface area contributed by atoms with Crippen LogP contribution in [0.3, 0.4) is 0 Å². The Kier molecular flexibility index (Phi) is 5.20. The molecule has 0 aromatic carbocycles. The summed E-state index contributed by atoms with van der Waals surface area (Å²) >= 11 is 0. The number of likely N-dealkylation sites (tertiary alicyclic amines) is 1. The molecule has 1 aliphatic heterocycles. The molecule has 2 unspecified atom stereocenters. The minimum atomic E-state index is -0.434. The number of carbonyl (C=O) groups excluding carboxylic acids is 1. The number of hydrogen-bond acceptors (Lipinski definition) is 5. The molecule has 2 N–H and O–H groups in total. The number of nitrogens with zero attached hydrogens (tertiary/aromatic N) is 1. The lowest BCUT2D eigenvalue weighted by Gasteiger charge is -2.38. The van der Waals surface area contributed by atoms with Crippen molar-refractivity contribution in [3.8, 4) is 0 Å². The first-order valence-electron chi connectivity index (χ1n) is 7.29. The van der Waals surface area contributed by atoms with E-state index in [-0.39, 0.29) is 5.76 Å². The number of carbonyl (C=O) groups is 1. The molecule has 0 saturated carbocycles. The average molecular weight is 280 g/mol. The van der Waals surface area contributed by atoms with E-state index in [1.807, 2.05) is 6.07 Å². The van der Waals surface area contributed by atoms with E-state index in [0.29, 0.717) is 19.1 Å². The number of furan rings is 1. The van der Waals surface area contributed by atoms with E-state index in [2.05, 4.69) is 16.6 Å². The number of nitrogens with two attached hydrogens (primary N) is 1. The van der Waals surface area contributed by atoms with Crippen molar-refractivity contribution in [2.45, 2.75) is 38.8 Å². The van der Waals surface area contributed by atoms with Crippen molar-refractivity contribution in [1.82, 2.24) is 4.90 Å². The zero-order valence-electron chi connectivity index (χ0n) is 12.3. The predicted octanol–water partition coefficient (Wildman–Crippen LogP) is 2.02. The summed E-state index contributed by atoms with van der Waals surface area (Å²) in [5.41, 5.74) is 5.89. The van der Waals surface area contributed by atoms with E-state index in [1.165, 1.54) is 20.0 Å². The molecular formula is C15H24N2O3.